The van der Waals surface area contributed by atoms with Crippen LogP contribution in [-0.4, -0.2) is 61.0 Å². The Morgan fingerprint density at radius 1 is 0.976 bits per heavy atom. The van der Waals surface area contributed by atoms with Crippen molar-refractivity contribution in [3.05, 3.63) is 87.9 Å². The van der Waals surface area contributed by atoms with Gasteiger partial charge in [-0.05, 0) is 75.4 Å². The van der Waals surface area contributed by atoms with Crippen molar-refractivity contribution in [2.75, 3.05) is 44.7 Å². The maximum Gasteiger partial charge on any atom is 0.246 e. The van der Waals surface area contributed by atoms with E-state index >= 15 is 0 Å². The predicted molar refractivity (Wildman–Crippen MR) is 164 cm³/mol. The molecule has 2 aliphatic heterocycles. The summed E-state index contributed by atoms with van der Waals surface area (Å²) in [4.78, 5) is 19.5. The molecule has 1 fully saturated rings. The van der Waals surface area contributed by atoms with E-state index in [2.05, 4.69) is 39.5 Å². The fourth-order valence-electron chi connectivity index (χ4n) is 5.60. The quantitative estimate of drug-likeness (QED) is 0.317. The number of ether oxygens (including phenoxy) is 2. The maximum atomic E-state index is 12.4. The summed E-state index contributed by atoms with van der Waals surface area (Å²) in [7, 11) is 0. The van der Waals surface area contributed by atoms with Crippen LogP contribution < -0.4 is 14.8 Å². The Kier molecular flexibility index (Phi) is 9.28. The number of carbonyl (C=O) groups excluding carboxylic acids is 1. The molecule has 2 N–H and O–H groups in total. The Balaban J connectivity index is 1.21. The lowest BCUT2D eigenvalue weighted by Crippen LogP contribution is -2.42. The number of nitrogens with one attached hydrogen (secondary N) is 1. The first-order valence-electron chi connectivity index (χ1n) is 14.5. The molecule has 0 atom stereocenters. The van der Waals surface area contributed by atoms with Crippen LogP contribution in [0.15, 0.2) is 65.7 Å². The molecule has 0 saturated carbocycles. The average Bonchev–Trinajstić information content (AvgIpc) is 3.13. The van der Waals surface area contributed by atoms with E-state index in [1.54, 1.807) is 0 Å². The molecule has 7 nitrogen and oxygen atoms in total. The van der Waals surface area contributed by atoms with Crippen molar-refractivity contribution in [2.45, 2.75) is 45.1 Å². The third-order valence-electron chi connectivity index (χ3n) is 7.83. The first kappa shape index (κ1) is 29.1. The van der Waals surface area contributed by atoms with Crippen LogP contribution in [-0.2, 0) is 16.8 Å². The monoisotopic (exact) mass is 575 g/mol. The van der Waals surface area contributed by atoms with Crippen molar-refractivity contribution in [1.82, 2.24) is 4.90 Å². The van der Waals surface area contributed by atoms with Gasteiger partial charge in [0.1, 0.15) is 6.54 Å². The molecule has 0 aliphatic carbocycles. The molecule has 0 radical (unpaired) electrons. The second kappa shape index (κ2) is 13.1. The minimum Gasteiger partial charge on any atom is -0.490 e. The van der Waals surface area contributed by atoms with Gasteiger partial charge in [-0.25, -0.2) is 0 Å². The number of amides is 1. The van der Waals surface area contributed by atoms with Gasteiger partial charge in [0, 0.05) is 35.3 Å². The number of nitrogens with zero attached hydrogens (tertiary/aromatic N) is 2. The van der Waals surface area contributed by atoms with Crippen LogP contribution in [0.3, 0.4) is 0 Å². The van der Waals surface area contributed by atoms with Gasteiger partial charge in [0.05, 0.1) is 30.2 Å². The molecule has 0 unspecified atom stereocenters. The number of rotatable bonds is 10. The SMILES string of the molecule is CCOc1cc2c(cc1OCC)C(c1ccc(CCCN3CCC(O)(c4ccc(Cl)cc4)CC3)cc1)=NCC(=O)N2. The van der Waals surface area contributed by atoms with Crippen LogP contribution in [0, 0.1) is 0 Å². The van der Waals surface area contributed by atoms with Crippen molar-refractivity contribution >= 4 is 28.9 Å². The van der Waals surface area contributed by atoms with Gasteiger partial charge in [0.2, 0.25) is 5.91 Å². The molecular weight excluding hydrogens is 538 g/mol. The minimum atomic E-state index is -0.773. The second-order valence-electron chi connectivity index (χ2n) is 10.6. The number of halogens is 1. The predicted octanol–water partition coefficient (Wildman–Crippen LogP) is 5.84. The first-order chi connectivity index (χ1) is 19.9. The lowest BCUT2D eigenvalue weighted by atomic mass is 9.84. The van der Waals surface area contributed by atoms with Gasteiger partial charge in [0.15, 0.2) is 11.5 Å². The van der Waals surface area contributed by atoms with E-state index < -0.39 is 5.60 Å². The Hall–Kier alpha value is -3.39. The highest BCUT2D eigenvalue weighted by atomic mass is 35.5. The van der Waals surface area contributed by atoms with Gasteiger partial charge in [-0.15, -0.1) is 0 Å². The van der Waals surface area contributed by atoms with Crippen LogP contribution in [0.2, 0.25) is 5.02 Å². The molecule has 216 valence electrons. The van der Waals surface area contributed by atoms with E-state index in [9.17, 15) is 9.90 Å². The average molecular weight is 576 g/mol. The molecule has 0 bridgehead atoms. The summed E-state index contributed by atoms with van der Waals surface area (Å²) >= 11 is 6.02. The number of aryl methyl sites for hydroxylation is 1. The van der Waals surface area contributed by atoms with Crippen LogP contribution in [0.25, 0.3) is 0 Å². The van der Waals surface area contributed by atoms with E-state index in [4.69, 9.17) is 21.1 Å². The van der Waals surface area contributed by atoms with Crippen molar-refractivity contribution in [2.24, 2.45) is 4.99 Å². The van der Waals surface area contributed by atoms with Crippen molar-refractivity contribution < 1.29 is 19.4 Å². The zero-order chi connectivity index (χ0) is 28.8. The summed E-state index contributed by atoms with van der Waals surface area (Å²) in [5.74, 6) is 1.08. The van der Waals surface area contributed by atoms with Gasteiger partial charge in [-0.1, -0.05) is 48.0 Å². The molecule has 41 heavy (non-hydrogen) atoms. The molecule has 8 heteroatoms. The van der Waals surface area contributed by atoms with E-state index in [0.29, 0.717) is 35.4 Å². The standard InChI is InChI=1S/C33H38ClN3O4/c1-3-40-29-20-27-28(21-30(29)41-4-2)36-31(38)22-35-32(27)24-9-7-23(8-10-24)6-5-17-37-18-15-33(39,16-19-37)25-11-13-26(34)14-12-25/h7-14,20-21,39H,3-6,15-19,22H2,1-2H3,(H,36,38). The number of benzodiazepines with no additional fused rings is 1. The van der Waals surface area contributed by atoms with E-state index in [0.717, 1.165) is 67.7 Å². The van der Waals surface area contributed by atoms with E-state index in [1.807, 2.05) is 50.2 Å². The minimum absolute atomic E-state index is 0.0582. The fraction of sp³-hybridized carbons (Fsp3) is 0.394. The van der Waals surface area contributed by atoms with Crippen LogP contribution in [0.5, 0.6) is 11.5 Å². The van der Waals surface area contributed by atoms with Crippen LogP contribution in [0.4, 0.5) is 5.69 Å². The number of anilines is 1. The smallest absolute Gasteiger partial charge is 0.246 e. The van der Waals surface area contributed by atoms with E-state index in [1.165, 1.54) is 5.56 Å². The number of benzene rings is 3. The highest BCUT2D eigenvalue weighted by molar-refractivity contribution is 6.30. The fourth-order valence-corrected chi connectivity index (χ4v) is 5.73. The zero-order valence-corrected chi connectivity index (χ0v) is 24.5. The van der Waals surface area contributed by atoms with Gasteiger partial charge >= 0.3 is 0 Å². The molecule has 0 aromatic heterocycles. The number of likely N-dealkylation sites (tertiary alicyclic amines) is 1. The second-order valence-corrected chi connectivity index (χ2v) is 11.0. The summed E-state index contributed by atoms with van der Waals surface area (Å²) in [5, 5.41) is 14.8. The molecule has 3 aromatic carbocycles. The molecular formula is C33H38ClN3O4. The van der Waals surface area contributed by atoms with Gasteiger partial charge in [-0.3, -0.25) is 9.79 Å². The topological polar surface area (TPSA) is 83.4 Å². The Morgan fingerprint density at radius 2 is 1.63 bits per heavy atom. The maximum absolute atomic E-state index is 12.4. The Labute approximate surface area is 247 Å². The van der Waals surface area contributed by atoms with Gasteiger partial charge < -0.3 is 24.8 Å². The highest BCUT2D eigenvalue weighted by Gasteiger charge is 2.33. The van der Waals surface area contributed by atoms with Gasteiger partial charge in [0.25, 0.3) is 0 Å². The molecule has 5 rings (SSSR count). The third kappa shape index (κ3) is 6.92. The summed E-state index contributed by atoms with van der Waals surface area (Å²) in [5.41, 5.74) is 4.64. The number of carbonyl (C=O) groups is 1. The summed E-state index contributed by atoms with van der Waals surface area (Å²) in [6, 6.07) is 19.8. The number of hydrogen-bond donors (Lipinski definition) is 2. The number of aliphatic hydroxyl groups is 1. The largest absolute Gasteiger partial charge is 0.490 e. The normalized spacial score (nSPS) is 16.8. The third-order valence-corrected chi connectivity index (χ3v) is 8.08. The number of fused-ring (bicyclic) bond motifs is 1. The van der Waals surface area contributed by atoms with Crippen molar-refractivity contribution in [3.8, 4) is 11.5 Å². The Morgan fingerprint density at radius 3 is 2.29 bits per heavy atom. The molecule has 1 amide bonds. The molecule has 2 heterocycles. The number of piperidine rings is 1. The van der Waals surface area contributed by atoms with E-state index in [-0.39, 0.29) is 12.5 Å². The summed E-state index contributed by atoms with van der Waals surface area (Å²) < 4.78 is 11.6. The molecule has 3 aromatic rings. The molecule has 0 spiro atoms. The summed E-state index contributed by atoms with van der Waals surface area (Å²) in [6.07, 6.45) is 3.45. The number of hydrogen-bond acceptors (Lipinski definition) is 6. The van der Waals surface area contributed by atoms with Gasteiger partial charge in [-0.2, -0.15) is 0 Å². The lowest BCUT2D eigenvalue weighted by Gasteiger charge is -2.38. The molecule has 2 aliphatic rings. The van der Waals surface area contributed by atoms with Crippen LogP contribution in [0.1, 0.15) is 55.4 Å². The van der Waals surface area contributed by atoms with Crippen molar-refractivity contribution in [1.29, 1.82) is 0 Å². The Bertz CT molecular complexity index is 1380. The highest BCUT2D eigenvalue weighted by Crippen LogP contribution is 2.36. The summed E-state index contributed by atoms with van der Waals surface area (Å²) in [6.45, 7) is 7.66. The molecule has 1 saturated heterocycles. The van der Waals surface area contributed by atoms with Crippen molar-refractivity contribution in [3.63, 3.8) is 0 Å². The number of aliphatic imine (C=N–C) groups is 1. The first-order valence-corrected chi connectivity index (χ1v) is 14.8. The lowest BCUT2D eigenvalue weighted by molar-refractivity contribution is -0.114. The zero-order valence-electron chi connectivity index (χ0n) is 23.8. The van der Waals surface area contributed by atoms with Crippen LogP contribution >= 0.6 is 11.6 Å².